The molecule has 9 heteroatoms. The summed E-state index contributed by atoms with van der Waals surface area (Å²) in [7, 11) is -4.09. The van der Waals surface area contributed by atoms with Gasteiger partial charge in [-0.05, 0) is 38.1 Å². The van der Waals surface area contributed by atoms with Gasteiger partial charge in [-0.25, -0.2) is 8.42 Å². The Morgan fingerprint density at radius 1 is 1.14 bits per heavy atom. The van der Waals surface area contributed by atoms with Crippen molar-refractivity contribution in [2.24, 2.45) is 0 Å². The number of nitrogens with one attached hydrogen (secondary N) is 1. The van der Waals surface area contributed by atoms with Crippen LogP contribution in [0.25, 0.3) is 0 Å². The SMILES string of the molecule is CCN(C(=O)[C@H](C)OC(=O)CNS(=O)(=O)c1ccccc1C#N)c1ccccc1. The fourth-order valence-corrected chi connectivity index (χ4v) is 3.73. The van der Waals surface area contributed by atoms with E-state index >= 15 is 0 Å². The van der Waals surface area contributed by atoms with Gasteiger partial charge in [0.15, 0.2) is 6.10 Å². The van der Waals surface area contributed by atoms with Crippen molar-refractivity contribution in [2.75, 3.05) is 18.0 Å². The van der Waals surface area contributed by atoms with E-state index < -0.39 is 34.5 Å². The molecule has 0 unspecified atom stereocenters. The molecule has 29 heavy (non-hydrogen) atoms. The minimum atomic E-state index is -4.09. The third-order valence-electron chi connectivity index (χ3n) is 4.01. The highest BCUT2D eigenvalue weighted by atomic mass is 32.2. The number of nitriles is 1. The molecular formula is C20H21N3O5S. The van der Waals surface area contributed by atoms with Crippen LogP contribution in [-0.4, -0.2) is 39.5 Å². The maximum Gasteiger partial charge on any atom is 0.321 e. The van der Waals surface area contributed by atoms with Crippen molar-refractivity contribution in [3.05, 3.63) is 60.2 Å². The molecule has 0 radical (unpaired) electrons. The summed E-state index contributed by atoms with van der Waals surface area (Å²) in [6.45, 7) is 2.92. The predicted molar refractivity (Wildman–Crippen MR) is 106 cm³/mol. The average Bonchev–Trinajstić information content (AvgIpc) is 2.73. The second-order valence-electron chi connectivity index (χ2n) is 5.98. The van der Waals surface area contributed by atoms with Crippen LogP contribution >= 0.6 is 0 Å². The van der Waals surface area contributed by atoms with Crippen LogP contribution in [0.3, 0.4) is 0 Å². The Kier molecular flexibility index (Phi) is 7.47. The molecule has 0 aliphatic heterocycles. The fourth-order valence-electron chi connectivity index (χ4n) is 2.61. The number of benzene rings is 2. The number of para-hydroxylation sites is 1. The lowest BCUT2D eigenvalue weighted by molar-refractivity contribution is -0.152. The molecule has 1 N–H and O–H groups in total. The van der Waals surface area contributed by atoms with E-state index in [1.54, 1.807) is 37.3 Å². The number of nitrogens with zero attached hydrogens (tertiary/aromatic N) is 2. The van der Waals surface area contributed by atoms with Crippen LogP contribution in [0.5, 0.6) is 0 Å². The summed E-state index contributed by atoms with van der Waals surface area (Å²) in [4.78, 5) is 25.9. The van der Waals surface area contributed by atoms with Crippen LogP contribution < -0.4 is 9.62 Å². The second-order valence-corrected chi connectivity index (χ2v) is 7.72. The van der Waals surface area contributed by atoms with E-state index in [9.17, 15) is 18.0 Å². The number of anilines is 1. The Bertz CT molecular complexity index is 1020. The number of amides is 1. The van der Waals surface area contributed by atoms with Gasteiger partial charge in [0.05, 0.1) is 10.5 Å². The van der Waals surface area contributed by atoms with Crippen molar-refractivity contribution in [2.45, 2.75) is 24.8 Å². The summed E-state index contributed by atoms with van der Waals surface area (Å²) in [5.74, 6) is -1.34. The zero-order valence-electron chi connectivity index (χ0n) is 16.0. The first-order valence-electron chi connectivity index (χ1n) is 8.84. The Hall–Kier alpha value is -3.22. The van der Waals surface area contributed by atoms with E-state index in [1.807, 2.05) is 6.07 Å². The monoisotopic (exact) mass is 415 g/mol. The molecule has 152 valence electrons. The standard InChI is InChI=1S/C20H21N3O5S/c1-3-23(17-10-5-4-6-11-17)20(25)15(2)28-19(24)14-22-29(26,27)18-12-8-7-9-16(18)13-21/h4-12,15,22H,3,14H2,1-2H3/t15-/m0/s1. The summed E-state index contributed by atoms with van der Waals surface area (Å²) in [6.07, 6.45) is -1.10. The summed E-state index contributed by atoms with van der Waals surface area (Å²) >= 11 is 0. The average molecular weight is 415 g/mol. The van der Waals surface area contributed by atoms with Gasteiger partial charge in [-0.3, -0.25) is 9.59 Å². The highest BCUT2D eigenvalue weighted by molar-refractivity contribution is 7.89. The van der Waals surface area contributed by atoms with E-state index in [1.165, 1.54) is 36.1 Å². The molecule has 2 aromatic carbocycles. The molecule has 0 fully saturated rings. The van der Waals surface area contributed by atoms with Crippen molar-refractivity contribution >= 4 is 27.6 Å². The van der Waals surface area contributed by atoms with Crippen molar-refractivity contribution in [3.63, 3.8) is 0 Å². The molecule has 0 aromatic heterocycles. The van der Waals surface area contributed by atoms with Gasteiger partial charge in [0.25, 0.3) is 5.91 Å². The lowest BCUT2D eigenvalue weighted by atomic mass is 10.2. The first-order chi connectivity index (χ1) is 13.8. The maximum absolute atomic E-state index is 12.6. The number of esters is 1. The number of hydrogen-bond donors (Lipinski definition) is 1. The van der Waals surface area contributed by atoms with Crippen LogP contribution in [0, 0.1) is 11.3 Å². The van der Waals surface area contributed by atoms with Crippen LogP contribution in [0.1, 0.15) is 19.4 Å². The van der Waals surface area contributed by atoms with Gasteiger partial charge in [-0.2, -0.15) is 9.98 Å². The van der Waals surface area contributed by atoms with Crippen molar-refractivity contribution in [1.29, 1.82) is 5.26 Å². The van der Waals surface area contributed by atoms with Crippen LogP contribution in [0.15, 0.2) is 59.5 Å². The van der Waals surface area contributed by atoms with Crippen molar-refractivity contribution in [3.8, 4) is 6.07 Å². The number of carbonyl (C=O) groups excluding carboxylic acids is 2. The van der Waals surface area contributed by atoms with E-state index in [4.69, 9.17) is 10.00 Å². The summed E-state index contributed by atoms with van der Waals surface area (Å²) in [5.41, 5.74) is 0.620. The Morgan fingerprint density at radius 3 is 2.38 bits per heavy atom. The largest absolute Gasteiger partial charge is 0.452 e. The van der Waals surface area contributed by atoms with Gasteiger partial charge >= 0.3 is 5.97 Å². The molecule has 1 amide bonds. The predicted octanol–water partition coefficient (Wildman–Crippen LogP) is 1.82. The van der Waals surface area contributed by atoms with Crippen LogP contribution in [-0.2, 0) is 24.3 Å². The molecule has 0 saturated carbocycles. The van der Waals surface area contributed by atoms with Gasteiger partial charge < -0.3 is 9.64 Å². The quantitative estimate of drug-likeness (QED) is 0.658. The first-order valence-corrected chi connectivity index (χ1v) is 10.3. The highest BCUT2D eigenvalue weighted by Gasteiger charge is 2.25. The van der Waals surface area contributed by atoms with E-state index in [0.717, 1.165) is 0 Å². The number of ether oxygens (including phenoxy) is 1. The van der Waals surface area contributed by atoms with E-state index in [-0.39, 0.29) is 10.5 Å². The van der Waals surface area contributed by atoms with Crippen molar-refractivity contribution in [1.82, 2.24) is 4.72 Å². The van der Waals surface area contributed by atoms with E-state index in [2.05, 4.69) is 4.72 Å². The number of carbonyl (C=O) groups is 2. The molecule has 0 heterocycles. The summed E-state index contributed by atoms with van der Waals surface area (Å²) in [5, 5.41) is 9.03. The zero-order valence-corrected chi connectivity index (χ0v) is 16.8. The first kappa shape index (κ1) is 22.1. The third kappa shape index (κ3) is 5.63. The Morgan fingerprint density at radius 2 is 1.76 bits per heavy atom. The number of hydrogen-bond acceptors (Lipinski definition) is 6. The van der Waals surface area contributed by atoms with Crippen LogP contribution in [0.4, 0.5) is 5.69 Å². The minimum absolute atomic E-state index is 0.0432. The highest BCUT2D eigenvalue weighted by Crippen LogP contribution is 2.16. The third-order valence-corrected chi connectivity index (χ3v) is 5.47. The minimum Gasteiger partial charge on any atom is -0.452 e. The summed E-state index contributed by atoms with van der Waals surface area (Å²) in [6, 6.07) is 16.3. The molecule has 0 saturated heterocycles. The molecule has 1 atom stereocenters. The Balaban J connectivity index is 1.99. The van der Waals surface area contributed by atoms with Gasteiger partial charge in [0.2, 0.25) is 10.0 Å². The molecule has 8 nitrogen and oxygen atoms in total. The topological polar surface area (TPSA) is 117 Å². The fraction of sp³-hybridized carbons (Fsp3) is 0.250. The molecule has 2 aromatic rings. The summed E-state index contributed by atoms with van der Waals surface area (Å²) < 4.78 is 31.8. The van der Waals surface area contributed by atoms with Crippen LogP contribution in [0.2, 0.25) is 0 Å². The second kappa shape index (κ2) is 9.82. The number of sulfonamides is 1. The molecular weight excluding hydrogens is 394 g/mol. The number of likely N-dealkylation sites (N-methyl/N-ethyl adjacent to an activating group) is 1. The smallest absolute Gasteiger partial charge is 0.321 e. The lowest BCUT2D eigenvalue weighted by Crippen LogP contribution is -2.41. The Labute approximate surface area is 169 Å². The molecule has 0 aliphatic carbocycles. The number of rotatable bonds is 8. The molecule has 0 bridgehead atoms. The van der Waals surface area contributed by atoms with Gasteiger partial charge in [-0.1, -0.05) is 30.3 Å². The van der Waals surface area contributed by atoms with Crippen molar-refractivity contribution < 1.29 is 22.7 Å². The van der Waals surface area contributed by atoms with E-state index in [0.29, 0.717) is 12.2 Å². The van der Waals surface area contributed by atoms with Gasteiger partial charge in [-0.15, -0.1) is 0 Å². The van der Waals surface area contributed by atoms with Gasteiger partial charge in [0.1, 0.15) is 12.6 Å². The maximum atomic E-state index is 12.6. The molecule has 0 spiro atoms. The zero-order chi connectivity index (χ0) is 21.4. The normalized spacial score (nSPS) is 11.9. The molecule has 2 rings (SSSR count). The molecule has 0 aliphatic rings. The van der Waals surface area contributed by atoms with Gasteiger partial charge in [0, 0.05) is 12.2 Å². The lowest BCUT2D eigenvalue weighted by Gasteiger charge is -2.24.